The number of benzene rings is 7. The summed E-state index contributed by atoms with van der Waals surface area (Å²) in [5.41, 5.74) is 16.7. The van der Waals surface area contributed by atoms with Crippen LogP contribution in [0.5, 0.6) is 0 Å². The van der Waals surface area contributed by atoms with E-state index in [1.807, 2.05) is 87.4 Å². The van der Waals surface area contributed by atoms with Crippen molar-refractivity contribution < 1.29 is 23.8 Å². The molecule has 3 atom stereocenters. The highest BCUT2D eigenvalue weighted by molar-refractivity contribution is 8.77. The van der Waals surface area contributed by atoms with E-state index in [0.717, 1.165) is 182 Å². The molecule has 3 amide bonds. The highest BCUT2D eigenvalue weighted by atomic mass is 33.1. The minimum absolute atomic E-state index is 0.0424. The van der Waals surface area contributed by atoms with Crippen molar-refractivity contribution in [1.29, 1.82) is 0 Å². The number of fused-ring (bicyclic) bond motifs is 1. The summed E-state index contributed by atoms with van der Waals surface area (Å²) in [4.78, 5) is 31.6. The first kappa shape index (κ1) is 77.8. The van der Waals surface area contributed by atoms with Gasteiger partial charge in [0, 0.05) is 154 Å². The third-order valence-corrected chi connectivity index (χ3v) is 32.0. The van der Waals surface area contributed by atoms with Gasteiger partial charge in [0.1, 0.15) is 5.69 Å². The van der Waals surface area contributed by atoms with Crippen LogP contribution in [-0.4, -0.2) is 170 Å². The molecule has 9 aliphatic rings. The average Bonchev–Trinajstić information content (AvgIpc) is 0.900. The minimum atomic E-state index is -0.185. The van der Waals surface area contributed by atoms with E-state index in [-0.39, 0.29) is 45.7 Å². The van der Waals surface area contributed by atoms with E-state index >= 15 is 0 Å². The summed E-state index contributed by atoms with van der Waals surface area (Å²) < 4.78 is 19.4. The van der Waals surface area contributed by atoms with E-state index in [1.54, 1.807) is 0 Å². The second-order valence-corrected chi connectivity index (χ2v) is 40.1. The van der Waals surface area contributed by atoms with Crippen molar-refractivity contribution in [2.75, 3.05) is 140 Å². The molecule has 0 radical (unpaired) electrons. The Bertz CT molecular complexity index is 4300. The number of rotatable bonds is 25. The summed E-state index contributed by atoms with van der Waals surface area (Å²) in [6.07, 6.45) is 11.5. The van der Waals surface area contributed by atoms with Gasteiger partial charge in [-0.15, -0.1) is 5.10 Å². The van der Waals surface area contributed by atoms with Crippen molar-refractivity contribution in [1.82, 2.24) is 30.9 Å². The lowest BCUT2D eigenvalue weighted by molar-refractivity contribution is -0.121. The second-order valence-electron chi connectivity index (χ2n) is 30.7. The van der Waals surface area contributed by atoms with Gasteiger partial charge < -0.3 is 44.9 Å². The van der Waals surface area contributed by atoms with Crippen LogP contribution in [0.2, 0.25) is 0 Å². The molecule has 5 aliphatic heterocycles. The zero-order chi connectivity index (χ0) is 75.1. The molecule has 7 aromatic carbocycles. The molecule has 0 unspecified atom stereocenters. The van der Waals surface area contributed by atoms with Crippen molar-refractivity contribution in [3.63, 3.8) is 0 Å². The van der Waals surface area contributed by atoms with Crippen LogP contribution in [0.15, 0.2) is 176 Å². The van der Waals surface area contributed by atoms with Crippen molar-refractivity contribution in [2.45, 2.75) is 110 Å². The molecule has 17 rings (SSSR count). The lowest BCUT2D eigenvalue weighted by atomic mass is 9.32. The fourth-order valence-corrected chi connectivity index (χ4v) is 26.0. The highest BCUT2D eigenvalue weighted by Crippen LogP contribution is 2.75. The molecule has 4 saturated carbocycles. The molecule has 6 heterocycles. The highest BCUT2D eigenvalue weighted by Gasteiger charge is 2.69. The lowest BCUT2D eigenvalue weighted by Gasteiger charge is -2.71. The van der Waals surface area contributed by atoms with Gasteiger partial charge in [-0.3, -0.25) is 4.79 Å². The van der Waals surface area contributed by atoms with Crippen LogP contribution in [-0.2, 0) is 47.2 Å². The summed E-state index contributed by atoms with van der Waals surface area (Å²) in [5.74, 6) is 29.2. The Morgan fingerprint density at radius 1 is 0.450 bits per heavy atom. The zero-order valence-electron chi connectivity index (χ0n) is 63.0. The summed E-state index contributed by atoms with van der Waals surface area (Å²) in [6, 6.07) is 64.7. The van der Waals surface area contributed by atoms with E-state index in [2.05, 4.69) is 241 Å². The first-order valence-electron chi connectivity index (χ1n) is 39.5. The Morgan fingerprint density at radius 2 is 0.811 bits per heavy atom. The standard InChI is InChI=1S/C90H97N9O5S7/c100-84(4-2-1-3-83-85-82(60-105-83)92-86(101)93-85)91-39-47-102-49-51-104-52-50-103-48-40-99-59-81(94-95-99)73-23-31-77(32-24-73)90-64-87(74-25-11-67(12-26-74)5-8-70-17-33-78(34-18-70)96-41-53-106-107-54-42-96)61-88(65-90,75-27-13-68(14-28-75)6-9-71-19-35-79(36-20-71)97-43-55-108-109-56-44-97)63-89(62-87,66-90)76-29-15-69(16-30-76)7-10-72-21-37-80(38-22-72)98-45-57-110-111-58-46-98/h11-38,59,82-83,85H,1-4,39-58,60-66H2,(H,91,100)(H2,92,93,101)/t82-,83-,85-,87?,88?,89?,90?/m0/s1. The SMILES string of the molecule is O=C(CCCC[C@@H]1SC[C@@H]2NC(=O)N[C@@H]21)NCCOCCOCCOCCn1cc(-c2ccc(C34CC5(c6ccc(C#Cc7ccc(N8CCSSCC8)cc7)cc6)CC(c6ccc(C#Cc7ccc(N8CCSSCC8)cc7)cc6)(CC(c6ccc(C#Cc7ccc(N8CCSSCC8)cc7)cc6)(C5)C3)C4)cc2)nn1. The summed E-state index contributed by atoms with van der Waals surface area (Å²) in [6.45, 7) is 10.1. The van der Waals surface area contributed by atoms with Crippen molar-refractivity contribution in [3.05, 3.63) is 232 Å². The molecule has 3 N–H and O–H groups in total. The van der Waals surface area contributed by atoms with Crippen LogP contribution >= 0.6 is 76.5 Å². The molecular formula is C90H97N9O5S7. The molecule has 8 aromatic rings. The first-order valence-corrected chi connectivity index (χ1v) is 48.0. The smallest absolute Gasteiger partial charge is 0.315 e. The molecule has 14 nitrogen and oxygen atoms in total. The molecule has 0 spiro atoms. The Kier molecular flexibility index (Phi) is 25.9. The van der Waals surface area contributed by atoms with Gasteiger partial charge in [0.2, 0.25) is 5.91 Å². The monoisotopic (exact) mass is 1610 g/mol. The molecule has 4 aliphatic carbocycles. The second kappa shape index (κ2) is 37.0. The van der Waals surface area contributed by atoms with E-state index in [0.29, 0.717) is 64.4 Å². The van der Waals surface area contributed by atoms with Gasteiger partial charge in [-0.1, -0.05) is 173 Å². The van der Waals surface area contributed by atoms with Gasteiger partial charge in [0.15, 0.2) is 0 Å². The molecule has 574 valence electrons. The quantitative estimate of drug-likeness (QED) is 0.0216. The van der Waals surface area contributed by atoms with Gasteiger partial charge in [-0.25, -0.2) is 9.48 Å². The fourth-order valence-electron chi connectivity index (χ4n) is 18.5. The number of unbranched alkanes of at least 4 members (excludes halogenated alkanes) is 1. The number of ether oxygens (including phenoxy) is 3. The molecule has 21 heteroatoms. The fraction of sp³-hybridized carbons (Fsp3) is 0.422. The van der Waals surface area contributed by atoms with Crippen LogP contribution in [0.3, 0.4) is 0 Å². The van der Waals surface area contributed by atoms with Gasteiger partial charge in [-0.05, 0) is 204 Å². The summed E-state index contributed by atoms with van der Waals surface area (Å²) in [5, 5.41) is 18.7. The molecule has 5 saturated heterocycles. The first-order chi connectivity index (χ1) is 54.6. The topological polar surface area (TPSA) is 138 Å². The van der Waals surface area contributed by atoms with Gasteiger partial charge >= 0.3 is 6.03 Å². The number of nitrogens with zero attached hydrogens (tertiary/aromatic N) is 6. The number of aromatic nitrogens is 3. The Morgan fingerprint density at radius 3 is 1.21 bits per heavy atom. The van der Waals surface area contributed by atoms with Crippen LogP contribution in [0.4, 0.5) is 21.9 Å². The van der Waals surface area contributed by atoms with Crippen molar-refractivity contribution in [3.8, 4) is 46.8 Å². The number of amides is 3. The Labute approximate surface area is 683 Å². The van der Waals surface area contributed by atoms with Gasteiger partial charge in [0.05, 0.1) is 64.5 Å². The number of thioether (sulfide) groups is 1. The molecule has 9 fully saturated rings. The largest absolute Gasteiger partial charge is 0.377 e. The third kappa shape index (κ3) is 19.3. The molecule has 1 aromatic heterocycles. The lowest BCUT2D eigenvalue weighted by Crippen LogP contribution is -2.67. The normalized spacial score (nSPS) is 24.0. The average molecular weight is 1610 g/mol. The summed E-state index contributed by atoms with van der Waals surface area (Å²) >= 11 is 1.91. The molecular weight excluding hydrogens is 1510 g/mol. The van der Waals surface area contributed by atoms with E-state index in [4.69, 9.17) is 19.3 Å². The zero-order valence-corrected chi connectivity index (χ0v) is 68.7. The van der Waals surface area contributed by atoms with Crippen molar-refractivity contribution in [2.24, 2.45) is 0 Å². The van der Waals surface area contributed by atoms with Crippen molar-refractivity contribution >= 4 is 106 Å². The van der Waals surface area contributed by atoms with Crippen LogP contribution in [0.1, 0.15) is 120 Å². The maximum atomic E-state index is 12.4. The van der Waals surface area contributed by atoms with Gasteiger partial charge in [-0.2, -0.15) is 11.8 Å². The predicted octanol–water partition coefficient (Wildman–Crippen LogP) is 16.1. The van der Waals surface area contributed by atoms with Crippen LogP contribution in [0.25, 0.3) is 11.3 Å². The molecule has 111 heavy (non-hydrogen) atoms. The Hall–Kier alpha value is -7.17. The maximum absolute atomic E-state index is 12.4. The van der Waals surface area contributed by atoms with E-state index < -0.39 is 0 Å². The third-order valence-electron chi connectivity index (χ3n) is 23.4. The van der Waals surface area contributed by atoms with Crippen LogP contribution in [0, 0.1) is 35.5 Å². The Balaban J connectivity index is 0.617. The number of urea groups is 1. The number of hydrogen-bond donors (Lipinski definition) is 3. The minimum Gasteiger partial charge on any atom is -0.377 e. The number of hydrogen-bond acceptors (Lipinski definition) is 17. The number of carbonyl (C=O) groups excluding carboxylic acids is 2. The maximum Gasteiger partial charge on any atom is 0.315 e. The molecule has 4 bridgehead atoms. The van der Waals surface area contributed by atoms with Crippen LogP contribution < -0.4 is 30.7 Å². The van der Waals surface area contributed by atoms with Gasteiger partial charge in [0.25, 0.3) is 0 Å². The number of carbonyl (C=O) groups is 2. The van der Waals surface area contributed by atoms with E-state index in [9.17, 15) is 9.59 Å². The number of anilines is 3. The summed E-state index contributed by atoms with van der Waals surface area (Å²) in [7, 11) is 11.8. The number of nitrogens with one attached hydrogen (secondary N) is 3. The predicted molar refractivity (Wildman–Crippen MR) is 467 cm³/mol. The van der Waals surface area contributed by atoms with E-state index in [1.165, 1.54) is 39.3 Å².